The quantitative estimate of drug-likeness (QED) is 0.621. The van der Waals surface area contributed by atoms with Gasteiger partial charge in [-0.25, -0.2) is 0 Å². The zero-order valence-electron chi connectivity index (χ0n) is 13.4. The molecule has 2 aromatic carbocycles. The molecule has 0 saturated heterocycles. The summed E-state index contributed by atoms with van der Waals surface area (Å²) in [5.41, 5.74) is 1.21. The van der Waals surface area contributed by atoms with Crippen molar-refractivity contribution in [3.8, 4) is 11.5 Å². The first kappa shape index (κ1) is 17.3. The van der Waals surface area contributed by atoms with E-state index >= 15 is 0 Å². The normalized spacial score (nSPS) is 10.1. The fourth-order valence-corrected chi connectivity index (χ4v) is 2.05. The molecule has 0 fully saturated rings. The molecule has 0 heterocycles. The number of carbonyl (C=O) groups excluding carboxylic acids is 1. The summed E-state index contributed by atoms with van der Waals surface area (Å²) in [6.45, 7) is 3.97. The predicted molar refractivity (Wildman–Crippen MR) is 89.6 cm³/mol. The Morgan fingerprint density at radius 1 is 1.17 bits per heavy atom. The first-order chi connectivity index (χ1) is 11.5. The van der Waals surface area contributed by atoms with E-state index in [9.17, 15) is 14.9 Å². The molecule has 0 unspecified atom stereocenters. The molecule has 0 aliphatic carbocycles. The van der Waals surface area contributed by atoms with Crippen LogP contribution in [0.15, 0.2) is 42.5 Å². The van der Waals surface area contributed by atoms with Crippen LogP contribution in [0.4, 0.5) is 11.4 Å². The molecule has 0 radical (unpaired) electrons. The summed E-state index contributed by atoms with van der Waals surface area (Å²) in [6.07, 6.45) is 0. The van der Waals surface area contributed by atoms with Crippen LogP contribution in [0.5, 0.6) is 11.5 Å². The van der Waals surface area contributed by atoms with Crippen molar-refractivity contribution in [3.05, 3.63) is 58.1 Å². The number of benzene rings is 2. The van der Waals surface area contributed by atoms with Gasteiger partial charge in [0.05, 0.1) is 11.5 Å². The van der Waals surface area contributed by atoms with E-state index in [0.717, 1.165) is 5.75 Å². The second-order valence-electron chi connectivity index (χ2n) is 5.00. The van der Waals surface area contributed by atoms with E-state index in [1.54, 1.807) is 31.2 Å². The molecule has 0 aliphatic rings. The molecule has 2 rings (SSSR count). The first-order valence-electron chi connectivity index (χ1n) is 7.40. The lowest BCUT2D eigenvalue weighted by molar-refractivity contribution is -0.384. The second kappa shape index (κ2) is 7.96. The van der Waals surface area contributed by atoms with Crippen LogP contribution in [0.25, 0.3) is 0 Å². The Morgan fingerprint density at radius 2 is 1.88 bits per heavy atom. The highest BCUT2D eigenvalue weighted by molar-refractivity contribution is 5.91. The van der Waals surface area contributed by atoms with E-state index in [1.807, 2.05) is 6.92 Å². The van der Waals surface area contributed by atoms with Crippen molar-refractivity contribution in [1.82, 2.24) is 0 Å². The van der Waals surface area contributed by atoms with Crippen molar-refractivity contribution in [2.45, 2.75) is 13.8 Å². The van der Waals surface area contributed by atoms with E-state index in [2.05, 4.69) is 5.32 Å². The Kier molecular flexibility index (Phi) is 5.73. The fourth-order valence-electron chi connectivity index (χ4n) is 2.05. The third kappa shape index (κ3) is 4.70. The van der Waals surface area contributed by atoms with Crippen LogP contribution in [0, 0.1) is 17.0 Å². The summed E-state index contributed by atoms with van der Waals surface area (Å²) < 4.78 is 10.7. The number of nitro benzene ring substituents is 1. The van der Waals surface area contributed by atoms with Crippen molar-refractivity contribution in [2.24, 2.45) is 0 Å². The topological polar surface area (TPSA) is 90.7 Å². The Labute approximate surface area is 139 Å². The smallest absolute Gasteiger partial charge is 0.269 e. The number of hydrogen-bond acceptors (Lipinski definition) is 5. The van der Waals surface area contributed by atoms with Gasteiger partial charge in [-0.15, -0.1) is 0 Å². The summed E-state index contributed by atoms with van der Waals surface area (Å²) >= 11 is 0. The van der Waals surface area contributed by atoms with Gasteiger partial charge in [-0.3, -0.25) is 14.9 Å². The zero-order chi connectivity index (χ0) is 17.5. The van der Waals surface area contributed by atoms with Crippen molar-refractivity contribution in [2.75, 3.05) is 18.5 Å². The van der Waals surface area contributed by atoms with E-state index in [1.165, 1.54) is 18.2 Å². The van der Waals surface area contributed by atoms with Gasteiger partial charge in [0, 0.05) is 17.8 Å². The number of hydrogen-bond donors (Lipinski definition) is 1. The molecular weight excluding hydrogens is 312 g/mol. The van der Waals surface area contributed by atoms with E-state index in [-0.39, 0.29) is 18.2 Å². The number of aryl methyl sites for hydroxylation is 1. The van der Waals surface area contributed by atoms with Gasteiger partial charge in [-0.1, -0.05) is 0 Å². The molecule has 0 spiro atoms. The van der Waals surface area contributed by atoms with Crippen LogP contribution in [-0.4, -0.2) is 24.0 Å². The summed E-state index contributed by atoms with van der Waals surface area (Å²) in [5.74, 6) is 0.840. The number of anilines is 1. The Balaban J connectivity index is 1.90. The minimum Gasteiger partial charge on any atom is -0.494 e. The minimum atomic E-state index is -0.477. The molecule has 1 amide bonds. The van der Waals surface area contributed by atoms with Gasteiger partial charge in [-0.2, -0.15) is 0 Å². The van der Waals surface area contributed by atoms with Crippen molar-refractivity contribution in [1.29, 1.82) is 0 Å². The zero-order valence-corrected chi connectivity index (χ0v) is 13.4. The highest BCUT2D eigenvalue weighted by atomic mass is 16.6. The van der Waals surface area contributed by atoms with Crippen LogP contribution in [0.1, 0.15) is 12.5 Å². The number of nitro groups is 1. The summed E-state index contributed by atoms with van der Waals surface area (Å²) in [6, 6.07) is 11.2. The third-order valence-electron chi connectivity index (χ3n) is 3.18. The molecule has 7 nitrogen and oxygen atoms in total. The van der Waals surface area contributed by atoms with Gasteiger partial charge in [0.1, 0.15) is 11.5 Å². The predicted octanol–water partition coefficient (Wildman–Crippen LogP) is 3.32. The molecule has 126 valence electrons. The van der Waals surface area contributed by atoms with Crippen molar-refractivity contribution >= 4 is 17.3 Å². The molecule has 2 aromatic rings. The van der Waals surface area contributed by atoms with Gasteiger partial charge in [0.2, 0.25) is 0 Å². The van der Waals surface area contributed by atoms with Crippen LogP contribution in [-0.2, 0) is 4.79 Å². The average Bonchev–Trinajstić information content (AvgIpc) is 2.55. The van der Waals surface area contributed by atoms with Gasteiger partial charge in [0.15, 0.2) is 6.61 Å². The number of nitrogens with one attached hydrogen (secondary N) is 1. The fraction of sp³-hybridized carbons (Fsp3) is 0.235. The summed E-state index contributed by atoms with van der Waals surface area (Å²) in [7, 11) is 0. The molecule has 24 heavy (non-hydrogen) atoms. The lowest BCUT2D eigenvalue weighted by atomic mass is 10.2. The number of amides is 1. The highest BCUT2D eigenvalue weighted by Gasteiger charge is 2.10. The molecule has 1 N–H and O–H groups in total. The molecule has 0 atom stereocenters. The Bertz CT molecular complexity index is 728. The molecule has 7 heteroatoms. The van der Waals surface area contributed by atoms with Gasteiger partial charge in [-0.05, 0) is 49.7 Å². The monoisotopic (exact) mass is 330 g/mol. The minimum absolute atomic E-state index is 0.0151. The summed E-state index contributed by atoms with van der Waals surface area (Å²) in [4.78, 5) is 22.1. The third-order valence-corrected chi connectivity index (χ3v) is 3.18. The molecular formula is C17H18N2O5. The van der Waals surface area contributed by atoms with Crippen molar-refractivity contribution in [3.63, 3.8) is 0 Å². The van der Waals surface area contributed by atoms with Gasteiger partial charge < -0.3 is 14.8 Å². The summed E-state index contributed by atoms with van der Waals surface area (Å²) in [5, 5.41) is 13.4. The molecule has 0 saturated carbocycles. The largest absolute Gasteiger partial charge is 0.494 e. The standard InChI is InChI=1S/C17H18N2O5/c1-3-23-15-7-4-13(5-8-15)18-17(20)11-24-16-9-6-14(19(21)22)10-12(16)2/h4-10H,3,11H2,1-2H3,(H,18,20). The average molecular weight is 330 g/mol. The SMILES string of the molecule is CCOc1ccc(NC(=O)COc2ccc([N+](=O)[O-])cc2C)cc1. The lowest BCUT2D eigenvalue weighted by Crippen LogP contribution is -2.20. The highest BCUT2D eigenvalue weighted by Crippen LogP contribution is 2.23. The van der Waals surface area contributed by atoms with E-state index < -0.39 is 4.92 Å². The van der Waals surface area contributed by atoms with Crippen LogP contribution in [0.3, 0.4) is 0 Å². The van der Waals surface area contributed by atoms with E-state index in [4.69, 9.17) is 9.47 Å². The maximum atomic E-state index is 11.9. The van der Waals surface area contributed by atoms with E-state index in [0.29, 0.717) is 23.6 Å². The molecule has 0 aromatic heterocycles. The number of nitrogens with zero attached hydrogens (tertiary/aromatic N) is 1. The van der Waals surface area contributed by atoms with Crippen LogP contribution < -0.4 is 14.8 Å². The lowest BCUT2D eigenvalue weighted by Gasteiger charge is -2.10. The van der Waals surface area contributed by atoms with Gasteiger partial charge in [0.25, 0.3) is 11.6 Å². The van der Waals surface area contributed by atoms with Crippen LogP contribution >= 0.6 is 0 Å². The first-order valence-corrected chi connectivity index (χ1v) is 7.40. The second-order valence-corrected chi connectivity index (χ2v) is 5.00. The maximum absolute atomic E-state index is 11.9. The molecule has 0 bridgehead atoms. The number of carbonyl (C=O) groups is 1. The maximum Gasteiger partial charge on any atom is 0.269 e. The Morgan fingerprint density at radius 3 is 2.46 bits per heavy atom. The Hall–Kier alpha value is -3.09. The van der Waals surface area contributed by atoms with Gasteiger partial charge >= 0.3 is 0 Å². The van der Waals surface area contributed by atoms with Crippen LogP contribution in [0.2, 0.25) is 0 Å². The van der Waals surface area contributed by atoms with Crippen molar-refractivity contribution < 1.29 is 19.2 Å². The number of ether oxygens (including phenoxy) is 2. The molecule has 0 aliphatic heterocycles. The number of non-ortho nitro benzene ring substituents is 1. The number of rotatable bonds is 7.